The Bertz CT molecular complexity index is 818. The van der Waals surface area contributed by atoms with Crippen molar-refractivity contribution in [3.05, 3.63) is 58.7 Å². The number of Topliss-reactive ketones (excluding diaryl/α,β-unsaturated/α-hetero) is 1. The van der Waals surface area contributed by atoms with E-state index in [1.54, 1.807) is 12.1 Å². The lowest BCUT2D eigenvalue weighted by Crippen LogP contribution is -2.14. The van der Waals surface area contributed by atoms with Crippen LogP contribution in [0.3, 0.4) is 0 Å². The van der Waals surface area contributed by atoms with Gasteiger partial charge in [0.25, 0.3) is 0 Å². The number of ketones is 1. The van der Waals surface area contributed by atoms with Crippen molar-refractivity contribution in [3.63, 3.8) is 0 Å². The molecule has 0 bridgehead atoms. The molecule has 0 unspecified atom stereocenters. The Morgan fingerprint density at radius 1 is 1.00 bits per heavy atom. The molecule has 138 valence electrons. The lowest BCUT2D eigenvalue weighted by Gasteiger charge is -2.16. The summed E-state index contributed by atoms with van der Waals surface area (Å²) in [4.78, 5) is 24.5. The van der Waals surface area contributed by atoms with Crippen LogP contribution in [0.15, 0.2) is 36.4 Å². The fourth-order valence-electron chi connectivity index (χ4n) is 3.27. The second-order valence-electron chi connectivity index (χ2n) is 6.74. The fraction of sp³-hybridized carbons (Fsp3) is 0.333. The maximum atomic E-state index is 12.4. The number of carbonyl (C=O) groups excluding carboxylic acids is 2. The van der Waals surface area contributed by atoms with Gasteiger partial charge < -0.3 is 11.1 Å². The van der Waals surface area contributed by atoms with Crippen molar-refractivity contribution in [2.75, 3.05) is 11.1 Å². The van der Waals surface area contributed by atoms with Crippen molar-refractivity contribution in [3.8, 4) is 0 Å². The predicted molar refractivity (Wildman–Crippen MR) is 108 cm³/mol. The first-order chi connectivity index (χ1) is 12.0. The van der Waals surface area contributed by atoms with Crippen LogP contribution in [-0.4, -0.2) is 11.7 Å². The second-order valence-corrected chi connectivity index (χ2v) is 6.74. The lowest BCUT2D eigenvalue weighted by atomic mass is 9.89. The number of anilines is 2. The molecule has 0 radical (unpaired) electrons. The van der Waals surface area contributed by atoms with Crippen LogP contribution in [0.1, 0.15) is 52.7 Å². The molecule has 26 heavy (non-hydrogen) atoms. The molecule has 2 aromatic rings. The second kappa shape index (κ2) is 8.86. The molecule has 2 aromatic carbocycles. The van der Waals surface area contributed by atoms with E-state index in [1.807, 2.05) is 25.1 Å². The van der Waals surface area contributed by atoms with Crippen molar-refractivity contribution in [2.24, 2.45) is 0 Å². The summed E-state index contributed by atoms with van der Waals surface area (Å²) in [5, 5.41) is 2.84. The van der Waals surface area contributed by atoms with Crippen LogP contribution in [0.4, 0.5) is 11.4 Å². The standard InChI is InChI=1S/C21H24N2O2.ClH/c1-14-6-9-18(22)13-19(14)23-21(25)11-10-20(24)17-8-7-15-4-2-3-5-16(15)12-17;/h6-9,12-13H,2-5,10-11,22H2,1H3,(H,23,25);1H. The maximum Gasteiger partial charge on any atom is 0.224 e. The average molecular weight is 373 g/mol. The van der Waals surface area contributed by atoms with Gasteiger partial charge in [0, 0.05) is 29.8 Å². The van der Waals surface area contributed by atoms with E-state index in [2.05, 4.69) is 11.4 Å². The minimum atomic E-state index is -0.167. The molecule has 0 atom stereocenters. The SMILES string of the molecule is Cc1ccc(N)cc1NC(=O)CCC(=O)c1ccc2c(c1)CCCC2.Cl. The van der Waals surface area contributed by atoms with E-state index in [9.17, 15) is 9.59 Å². The van der Waals surface area contributed by atoms with Gasteiger partial charge in [-0.25, -0.2) is 0 Å². The Kier molecular flexibility index (Phi) is 6.81. The lowest BCUT2D eigenvalue weighted by molar-refractivity contribution is -0.116. The van der Waals surface area contributed by atoms with Crippen molar-refractivity contribution in [2.45, 2.75) is 45.4 Å². The molecule has 0 aromatic heterocycles. The minimum absolute atomic E-state index is 0. The molecule has 0 heterocycles. The summed E-state index contributed by atoms with van der Waals surface area (Å²) in [5.41, 5.74) is 11.4. The number of nitrogens with one attached hydrogen (secondary N) is 1. The number of nitrogen functional groups attached to an aromatic ring is 1. The van der Waals surface area contributed by atoms with Gasteiger partial charge in [-0.05, 0) is 67.5 Å². The van der Waals surface area contributed by atoms with Crippen LogP contribution < -0.4 is 11.1 Å². The number of hydrogen-bond acceptors (Lipinski definition) is 3. The molecule has 1 amide bonds. The average Bonchev–Trinajstić information content (AvgIpc) is 2.62. The molecule has 3 N–H and O–H groups in total. The van der Waals surface area contributed by atoms with Crippen LogP contribution in [0.5, 0.6) is 0 Å². The van der Waals surface area contributed by atoms with Gasteiger partial charge in [-0.2, -0.15) is 0 Å². The van der Waals surface area contributed by atoms with Gasteiger partial charge in [-0.1, -0.05) is 18.2 Å². The summed E-state index contributed by atoms with van der Waals surface area (Å²) in [6.07, 6.45) is 4.95. The van der Waals surface area contributed by atoms with Gasteiger partial charge in [0.15, 0.2) is 5.78 Å². The zero-order chi connectivity index (χ0) is 17.8. The summed E-state index contributed by atoms with van der Waals surface area (Å²) < 4.78 is 0. The summed E-state index contributed by atoms with van der Waals surface area (Å²) in [5.74, 6) is -0.146. The number of fused-ring (bicyclic) bond motifs is 1. The predicted octanol–water partition coefficient (Wildman–Crippen LogP) is 4.48. The Labute approximate surface area is 160 Å². The first-order valence-electron chi connectivity index (χ1n) is 8.84. The molecule has 1 aliphatic carbocycles. The maximum absolute atomic E-state index is 12.4. The number of carbonyl (C=O) groups is 2. The molecule has 0 saturated heterocycles. The quantitative estimate of drug-likeness (QED) is 0.600. The number of halogens is 1. The first-order valence-corrected chi connectivity index (χ1v) is 8.84. The van der Waals surface area contributed by atoms with Gasteiger partial charge in [0.2, 0.25) is 5.91 Å². The van der Waals surface area contributed by atoms with Gasteiger partial charge >= 0.3 is 0 Å². The molecule has 5 heteroatoms. The van der Waals surface area contributed by atoms with Crippen molar-refractivity contribution in [1.82, 2.24) is 0 Å². The number of amides is 1. The van der Waals surface area contributed by atoms with Gasteiger partial charge in [-0.3, -0.25) is 9.59 Å². The minimum Gasteiger partial charge on any atom is -0.399 e. The number of aryl methyl sites for hydroxylation is 3. The number of benzene rings is 2. The third-order valence-corrected chi connectivity index (χ3v) is 4.79. The highest BCUT2D eigenvalue weighted by atomic mass is 35.5. The Hall–Kier alpha value is -2.33. The molecule has 0 fully saturated rings. The van der Waals surface area contributed by atoms with Crippen molar-refractivity contribution >= 4 is 35.5 Å². The van der Waals surface area contributed by atoms with Crippen molar-refractivity contribution < 1.29 is 9.59 Å². The number of rotatable bonds is 5. The van der Waals surface area contributed by atoms with Crippen LogP contribution in [0, 0.1) is 6.92 Å². The molecule has 0 aliphatic heterocycles. The zero-order valence-corrected chi connectivity index (χ0v) is 15.8. The molecular formula is C21H25ClN2O2. The third-order valence-electron chi connectivity index (χ3n) is 4.79. The van der Waals surface area contributed by atoms with Crippen LogP contribution in [-0.2, 0) is 17.6 Å². The summed E-state index contributed by atoms with van der Waals surface area (Å²) >= 11 is 0. The zero-order valence-electron chi connectivity index (χ0n) is 15.0. The molecule has 0 spiro atoms. The summed E-state index contributed by atoms with van der Waals surface area (Å²) in [6.45, 7) is 1.91. The van der Waals surface area contributed by atoms with Crippen LogP contribution in [0.25, 0.3) is 0 Å². The molecular weight excluding hydrogens is 348 g/mol. The van der Waals surface area contributed by atoms with Crippen LogP contribution in [0.2, 0.25) is 0 Å². The van der Waals surface area contributed by atoms with E-state index in [4.69, 9.17) is 5.73 Å². The third kappa shape index (κ3) is 4.85. The van der Waals surface area contributed by atoms with E-state index in [0.29, 0.717) is 16.9 Å². The highest BCUT2D eigenvalue weighted by Crippen LogP contribution is 2.23. The fourth-order valence-corrected chi connectivity index (χ4v) is 3.27. The van der Waals surface area contributed by atoms with E-state index in [1.165, 1.54) is 24.0 Å². The smallest absolute Gasteiger partial charge is 0.224 e. The normalized spacial score (nSPS) is 12.7. The Balaban J connectivity index is 0.00000243. The van der Waals surface area contributed by atoms with E-state index >= 15 is 0 Å². The monoisotopic (exact) mass is 372 g/mol. The molecule has 0 saturated carbocycles. The van der Waals surface area contributed by atoms with Crippen LogP contribution >= 0.6 is 12.4 Å². The molecule has 1 aliphatic rings. The largest absolute Gasteiger partial charge is 0.399 e. The summed E-state index contributed by atoms with van der Waals surface area (Å²) in [7, 11) is 0. The highest BCUT2D eigenvalue weighted by Gasteiger charge is 2.14. The van der Waals surface area contributed by atoms with Gasteiger partial charge in [-0.15, -0.1) is 12.4 Å². The highest BCUT2D eigenvalue weighted by molar-refractivity contribution is 6.00. The van der Waals surface area contributed by atoms with Crippen molar-refractivity contribution in [1.29, 1.82) is 0 Å². The number of hydrogen-bond donors (Lipinski definition) is 2. The van der Waals surface area contributed by atoms with Gasteiger partial charge in [0.1, 0.15) is 0 Å². The number of nitrogens with two attached hydrogens (primary N) is 1. The Morgan fingerprint density at radius 2 is 1.73 bits per heavy atom. The van der Waals surface area contributed by atoms with E-state index in [0.717, 1.165) is 18.4 Å². The Morgan fingerprint density at radius 3 is 2.50 bits per heavy atom. The molecule has 4 nitrogen and oxygen atoms in total. The van der Waals surface area contributed by atoms with Gasteiger partial charge in [0.05, 0.1) is 0 Å². The van der Waals surface area contributed by atoms with E-state index in [-0.39, 0.29) is 36.9 Å². The van der Waals surface area contributed by atoms with E-state index < -0.39 is 0 Å². The first kappa shape index (κ1) is 20.0. The summed E-state index contributed by atoms with van der Waals surface area (Å²) in [6, 6.07) is 11.4. The topological polar surface area (TPSA) is 72.2 Å². The molecule has 3 rings (SSSR count).